The van der Waals surface area contributed by atoms with E-state index in [9.17, 15) is 14.3 Å². The van der Waals surface area contributed by atoms with Crippen molar-refractivity contribution in [3.63, 3.8) is 0 Å². The number of carbonyl (C=O) groups is 1. The van der Waals surface area contributed by atoms with Gasteiger partial charge in [-0.3, -0.25) is 4.79 Å². The molecule has 232 valence electrons. The van der Waals surface area contributed by atoms with Crippen molar-refractivity contribution < 1.29 is 19.0 Å². The standard InChI is InChI=1S/C34H34ClFN6O3/c35-30-16-27(5-7-32(30)45-20-22-2-1-3-26(36)14-22)40-34-29-15-24(4-6-31(29)38-21-39-34)25-10-13-42(17-25)19-28(43)18-41-11-8-23(9-12-41)33(37)44/h1-7,10,13-17,21,23,28,43H,8-9,11-12,18-20H2,(H2,37,44)(H,38,39,40). The molecule has 1 unspecified atom stereocenters. The van der Waals surface area contributed by atoms with Gasteiger partial charge in [-0.25, -0.2) is 14.4 Å². The molecular weight excluding hydrogens is 595 g/mol. The molecule has 3 aromatic carbocycles. The zero-order valence-electron chi connectivity index (χ0n) is 24.6. The Morgan fingerprint density at radius 3 is 2.69 bits per heavy atom. The van der Waals surface area contributed by atoms with Crippen molar-refractivity contribution in [1.82, 2.24) is 19.4 Å². The molecule has 0 aliphatic carbocycles. The molecule has 2 aromatic heterocycles. The van der Waals surface area contributed by atoms with Crippen molar-refractivity contribution in [3.05, 3.63) is 102 Å². The average molecular weight is 629 g/mol. The minimum absolute atomic E-state index is 0.0642. The number of carbonyl (C=O) groups excluding carboxylic acids is 1. The van der Waals surface area contributed by atoms with Gasteiger partial charge in [0.15, 0.2) is 0 Å². The van der Waals surface area contributed by atoms with E-state index in [-0.39, 0.29) is 24.2 Å². The molecule has 0 spiro atoms. The number of piperidine rings is 1. The van der Waals surface area contributed by atoms with Crippen molar-refractivity contribution in [2.24, 2.45) is 11.7 Å². The highest BCUT2D eigenvalue weighted by Crippen LogP contribution is 2.32. The molecule has 0 saturated carbocycles. The molecule has 3 heterocycles. The second-order valence-electron chi connectivity index (χ2n) is 11.4. The van der Waals surface area contributed by atoms with Gasteiger partial charge in [0.2, 0.25) is 5.91 Å². The van der Waals surface area contributed by atoms with Gasteiger partial charge in [-0.1, -0.05) is 29.8 Å². The summed E-state index contributed by atoms with van der Waals surface area (Å²) in [4.78, 5) is 22.5. The topological polar surface area (TPSA) is 119 Å². The number of nitrogens with two attached hydrogens (primary N) is 1. The number of β-amino-alcohol motifs (C(OH)–C–C–N with tert-alkyl or cyclic N) is 1. The molecular formula is C34H34ClFN6O3. The van der Waals surface area contributed by atoms with Crippen molar-refractivity contribution in [3.8, 4) is 16.9 Å². The molecule has 1 saturated heterocycles. The third kappa shape index (κ3) is 7.59. The Hall–Kier alpha value is -4.51. The van der Waals surface area contributed by atoms with E-state index in [0.717, 1.165) is 53.6 Å². The first-order chi connectivity index (χ1) is 21.8. The lowest BCUT2D eigenvalue weighted by Gasteiger charge is -2.31. The summed E-state index contributed by atoms with van der Waals surface area (Å²) >= 11 is 6.52. The predicted molar refractivity (Wildman–Crippen MR) is 173 cm³/mol. The van der Waals surface area contributed by atoms with Gasteiger partial charge in [-0.05, 0) is 91.2 Å². The lowest BCUT2D eigenvalue weighted by Crippen LogP contribution is -2.42. The summed E-state index contributed by atoms with van der Waals surface area (Å²) in [5.41, 5.74) is 9.65. The van der Waals surface area contributed by atoms with Gasteiger partial charge >= 0.3 is 0 Å². The molecule has 1 atom stereocenters. The highest BCUT2D eigenvalue weighted by molar-refractivity contribution is 6.32. The lowest BCUT2D eigenvalue weighted by atomic mass is 9.96. The Kier molecular flexibility index (Phi) is 9.25. The molecule has 45 heavy (non-hydrogen) atoms. The number of halogens is 2. The van der Waals surface area contributed by atoms with Crippen molar-refractivity contribution >= 4 is 39.9 Å². The first-order valence-electron chi connectivity index (χ1n) is 14.9. The molecule has 5 aromatic rings. The van der Waals surface area contributed by atoms with Crippen molar-refractivity contribution in [2.45, 2.75) is 32.1 Å². The monoisotopic (exact) mass is 628 g/mol. The highest BCUT2D eigenvalue weighted by atomic mass is 35.5. The fraction of sp³-hybridized carbons (Fsp3) is 0.265. The van der Waals surface area contributed by atoms with Crippen LogP contribution in [0.25, 0.3) is 22.0 Å². The van der Waals surface area contributed by atoms with Crippen LogP contribution in [-0.2, 0) is 17.9 Å². The van der Waals surface area contributed by atoms with Gasteiger partial charge < -0.3 is 30.4 Å². The molecule has 1 aliphatic heterocycles. The number of nitrogens with zero attached hydrogens (tertiary/aromatic N) is 4. The number of ether oxygens (including phenoxy) is 1. The Balaban J connectivity index is 1.11. The average Bonchev–Trinajstić information content (AvgIpc) is 3.49. The number of hydrogen-bond acceptors (Lipinski definition) is 7. The van der Waals surface area contributed by atoms with Crippen LogP contribution in [0, 0.1) is 11.7 Å². The molecule has 6 rings (SSSR count). The molecule has 1 amide bonds. The van der Waals surface area contributed by atoms with E-state index < -0.39 is 6.10 Å². The second-order valence-corrected chi connectivity index (χ2v) is 11.8. The molecule has 0 bridgehead atoms. The molecule has 1 fully saturated rings. The summed E-state index contributed by atoms with van der Waals surface area (Å²) < 4.78 is 21.3. The summed E-state index contributed by atoms with van der Waals surface area (Å²) in [6, 6.07) is 19.6. The predicted octanol–water partition coefficient (Wildman–Crippen LogP) is 5.77. The molecule has 4 N–H and O–H groups in total. The summed E-state index contributed by atoms with van der Waals surface area (Å²) in [7, 11) is 0. The van der Waals surface area contributed by atoms with Gasteiger partial charge in [0.05, 0.1) is 16.6 Å². The molecule has 11 heteroatoms. The number of aliphatic hydroxyl groups excluding tert-OH is 1. The summed E-state index contributed by atoms with van der Waals surface area (Å²) in [5.74, 6) is 0.502. The first kappa shape index (κ1) is 30.5. The van der Waals surface area contributed by atoms with Gasteiger partial charge in [-0.2, -0.15) is 0 Å². The SMILES string of the molecule is NC(=O)C1CCN(CC(O)Cn2ccc(-c3ccc4ncnc(Nc5ccc(OCc6cccc(F)c6)c(Cl)c5)c4c3)c2)CC1. The number of anilines is 2. The molecule has 9 nitrogen and oxygen atoms in total. The van der Waals surface area contributed by atoms with Crippen LogP contribution in [0.15, 0.2) is 85.5 Å². The minimum atomic E-state index is -0.541. The zero-order valence-corrected chi connectivity index (χ0v) is 25.3. The normalized spacial score (nSPS) is 14.8. The Morgan fingerprint density at radius 1 is 1.07 bits per heavy atom. The zero-order chi connectivity index (χ0) is 31.3. The minimum Gasteiger partial charge on any atom is -0.487 e. The van der Waals surface area contributed by atoms with E-state index in [4.69, 9.17) is 22.1 Å². The summed E-state index contributed by atoms with van der Waals surface area (Å²) in [6.45, 7) is 2.73. The van der Waals surface area contributed by atoms with E-state index in [1.165, 1.54) is 18.5 Å². The number of hydrogen-bond donors (Lipinski definition) is 3. The van der Waals surface area contributed by atoms with Crippen LogP contribution in [0.3, 0.4) is 0 Å². The van der Waals surface area contributed by atoms with Gasteiger partial charge in [-0.15, -0.1) is 0 Å². The van der Waals surface area contributed by atoms with E-state index in [1.807, 2.05) is 47.3 Å². The maximum absolute atomic E-state index is 13.5. The number of nitrogens with one attached hydrogen (secondary N) is 1. The van der Waals surface area contributed by atoms with Crippen molar-refractivity contribution in [2.75, 3.05) is 25.0 Å². The summed E-state index contributed by atoms with van der Waals surface area (Å²) in [5, 5.41) is 15.3. The number of aliphatic hydroxyl groups is 1. The fourth-order valence-corrected chi connectivity index (χ4v) is 5.92. The Bertz CT molecular complexity index is 1810. The number of primary amides is 1. The van der Waals surface area contributed by atoms with Crippen LogP contribution in [0.5, 0.6) is 5.75 Å². The van der Waals surface area contributed by atoms with Crippen LogP contribution in [0.4, 0.5) is 15.9 Å². The van der Waals surface area contributed by atoms with Crippen LogP contribution in [0.1, 0.15) is 18.4 Å². The first-order valence-corrected chi connectivity index (χ1v) is 15.2. The number of benzene rings is 3. The quantitative estimate of drug-likeness (QED) is 0.170. The Labute approximate surface area is 265 Å². The van der Waals surface area contributed by atoms with Gasteiger partial charge in [0.25, 0.3) is 0 Å². The van der Waals surface area contributed by atoms with E-state index in [0.29, 0.717) is 35.2 Å². The molecule has 1 aliphatic rings. The maximum atomic E-state index is 13.5. The number of likely N-dealkylation sites (tertiary alicyclic amines) is 1. The lowest BCUT2D eigenvalue weighted by molar-refractivity contribution is -0.123. The number of fused-ring (bicyclic) bond motifs is 1. The Morgan fingerprint density at radius 2 is 1.91 bits per heavy atom. The van der Waals surface area contributed by atoms with Crippen molar-refractivity contribution in [1.29, 1.82) is 0 Å². The van der Waals surface area contributed by atoms with Gasteiger partial charge in [0.1, 0.15) is 30.3 Å². The van der Waals surface area contributed by atoms with E-state index in [2.05, 4.69) is 20.2 Å². The second kappa shape index (κ2) is 13.6. The van der Waals surface area contributed by atoms with Crippen LogP contribution in [-0.4, -0.2) is 56.2 Å². The van der Waals surface area contributed by atoms with Crippen LogP contribution < -0.4 is 15.8 Å². The maximum Gasteiger partial charge on any atom is 0.220 e. The third-order valence-electron chi connectivity index (χ3n) is 8.08. The van der Waals surface area contributed by atoms with Crippen LogP contribution in [0.2, 0.25) is 5.02 Å². The third-order valence-corrected chi connectivity index (χ3v) is 8.37. The fourth-order valence-electron chi connectivity index (χ4n) is 5.68. The number of aromatic nitrogens is 3. The van der Waals surface area contributed by atoms with Gasteiger partial charge in [0, 0.05) is 42.5 Å². The number of amides is 1. The van der Waals surface area contributed by atoms with E-state index in [1.54, 1.807) is 24.3 Å². The highest BCUT2D eigenvalue weighted by Gasteiger charge is 2.24. The van der Waals surface area contributed by atoms with Crippen LogP contribution >= 0.6 is 11.6 Å². The number of rotatable bonds is 11. The smallest absolute Gasteiger partial charge is 0.220 e. The van der Waals surface area contributed by atoms with E-state index >= 15 is 0 Å². The largest absolute Gasteiger partial charge is 0.487 e. The summed E-state index contributed by atoms with van der Waals surface area (Å²) in [6.07, 6.45) is 6.43. The molecule has 0 radical (unpaired) electrons.